The summed E-state index contributed by atoms with van der Waals surface area (Å²) in [5.74, 6) is -4.05. The molecule has 0 radical (unpaired) electrons. The largest absolute Gasteiger partial charge is 0.488 e. The lowest BCUT2D eigenvalue weighted by atomic mass is 9.85. The zero-order chi connectivity index (χ0) is 57.9. The zero-order valence-corrected chi connectivity index (χ0v) is 47.6. The fraction of sp³-hybridized carbons (Fsp3) is 0.561. The van der Waals surface area contributed by atoms with Crippen molar-refractivity contribution in [3.05, 3.63) is 82.4 Å². The van der Waals surface area contributed by atoms with Crippen LogP contribution in [-0.4, -0.2) is 140 Å². The van der Waals surface area contributed by atoms with Gasteiger partial charge in [0.25, 0.3) is 5.91 Å². The summed E-state index contributed by atoms with van der Waals surface area (Å²) in [5.41, 5.74) is 9.35. The monoisotopic (exact) mass is 1120 g/mol. The first-order valence-corrected chi connectivity index (χ1v) is 27.9. The zero-order valence-electron chi connectivity index (χ0n) is 46.8. The van der Waals surface area contributed by atoms with Gasteiger partial charge in [-0.3, -0.25) is 33.6 Å². The van der Waals surface area contributed by atoms with Crippen LogP contribution in [0.2, 0.25) is 0 Å². The molecule has 0 unspecified atom stereocenters. The van der Waals surface area contributed by atoms with E-state index in [1.165, 1.54) is 27.7 Å². The summed E-state index contributed by atoms with van der Waals surface area (Å²) in [6.07, 6.45) is 2.21. The first-order valence-electron chi connectivity index (χ1n) is 27.0. The Labute approximate surface area is 465 Å². The number of carbonyl (C=O) groups is 8. The van der Waals surface area contributed by atoms with Crippen LogP contribution >= 0.6 is 11.3 Å². The standard InChI is InChI=1S/C57H78FN9O11S/c1-33(36-18-20-38(21-19-36)49-34(2)60-32-79-49)61-52(73)44-28-41(69)29-66(44)54(75)50(56(4,5)6)64-47(71)17-12-10-11-14-37-15-13-16-45(48(37)58)77-31-39(22-25-46(59)70)62-51(72)43-24-23-40-26-27-65(35(3)68)30-42(53(74)67(40)43)63-55(76)78-57(7,8)9/h13,15-16,18-21,23,32-33,39,41-44,50,69H,10-12,14,17,22,24-31H2,1-9H3,(H2,59,70)(H,61,73)(H,62,72)(H,63,76)(H,64,71)/t33-,39-,41+,42-,43-,44-,50+/m0/s1. The van der Waals surface area contributed by atoms with E-state index in [2.05, 4.69) is 26.3 Å². The lowest BCUT2D eigenvalue weighted by Gasteiger charge is -2.37. The Morgan fingerprint density at radius 3 is 2.28 bits per heavy atom. The highest BCUT2D eigenvalue weighted by molar-refractivity contribution is 7.13. The van der Waals surface area contributed by atoms with Crippen molar-refractivity contribution in [1.82, 2.24) is 41.0 Å². The summed E-state index contributed by atoms with van der Waals surface area (Å²) in [6.45, 7) is 15.4. The lowest BCUT2D eigenvalue weighted by Crippen LogP contribution is -2.59. The van der Waals surface area contributed by atoms with Crippen molar-refractivity contribution in [2.45, 2.75) is 174 Å². The quantitative estimate of drug-likeness (QED) is 0.0723. The van der Waals surface area contributed by atoms with Gasteiger partial charge in [0.15, 0.2) is 11.6 Å². The first kappa shape index (κ1) is 61.3. The van der Waals surface area contributed by atoms with Crippen LogP contribution in [0.25, 0.3) is 10.4 Å². The number of thiazole rings is 1. The average molecular weight is 1120 g/mol. The number of hydrogen-bond acceptors (Lipinski definition) is 13. The van der Waals surface area contributed by atoms with Gasteiger partial charge >= 0.3 is 6.09 Å². The molecule has 0 aliphatic carbocycles. The Morgan fingerprint density at radius 1 is 0.924 bits per heavy atom. The van der Waals surface area contributed by atoms with Gasteiger partial charge in [-0.15, -0.1) is 11.3 Å². The van der Waals surface area contributed by atoms with E-state index in [0.29, 0.717) is 36.9 Å². The fourth-order valence-electron chi connectivity index (χ4n) is 9.93. The molecular weight excluding hydrogens is 1040 g/mol. The molecule has 3 aliphatic heterocycles. The molecular formula is C57H78FN9O11S. The molecule has 0 bridgehead atoms. The number of likely N-dealkylation sites (tertiary alicyclic amines) is 1. The molecule has 3 aromatic rings. The van der Waals surface area contributed by atoms with E-state index >= 15 is 4.39 Å². The predicted octanol–water partition coefficient (Wildman–Crippen LogP) is 5.49. The van der Waals surface area contributed by atoms with Crippen LogP contribution in [0.4, 0.5) is 9.18 Å². The lowest BCUT2D eigenvalue weighted by molar-refractivity contribution is -0.144. The van der Waals surface area contributed by atoms with Crippen molar-refractivity contribution < 1.29 is 57.3 Å². The van der Waals surface area contributed by atoms with Gasteiger partial charge in [0.05, 0.1) is 40.8 Å². The summed E-state index contributed by atoms with van der Waals surface area (Å²) < 4.78 is 27.3. The molecule has 7 atom stereocenters. The Balaban J connectivity index is 0.998. The number of nitrogens with zero attached hydrogens (tertiary/aromatic N) is 4. The van der Waals surface area contributed by atoms with Crippen molar-refractivity contribution in [3.8, 4) is 16.2 Å². The minimum Gasteiger partial charge on any atom is -0.488 e. The van der Waals surface area contributed by atoms with Crippen LogP contribution in [0, 0.1) is 18.2 Å². The predicted molar refractivity (Wildman–Crippen MR) is 294 cm³/mol. The van der Waals surface area contributed by atoms with Crippen molar-refractivity contribution in [2.75, 3.05) is 26.2 Å². The van der Waals surface area contributed by atoms with Gasteiger partial charge in [0.1, 0.15) is 36.4 Å². The van der Waals surface area contributed by atoms with E-state index < -0.39 is 88.8 Å². The molecule has 430 valence electrons. The molecule has 1 aromatic heterocycles. The number of nitrogens with one attached hydrogen (secondary N) is 4. The van der Waals surface area contributed by atoms with Crippen LogP contribution in [0.5, 0.6) is 5.75 Å². The van der Waals surface area contributed by atoms with Gasteiger partial charge in [-0.2, -0.15) is 0 Å². The molecule has 2 aromatic carbocycles. The maximum atomic E-state index is 16.0. The number of nitrogens with two attached hydrogens (primary N) is 1. The molecule has 4 heterocycles. The number of ether oxygens (including phenoxy) is 2. The number of alkyl carbamates (subject to hydrolysis) is 1. The number of aliphatic hydroxyl groups excluding tert-OH is 1. The molecule has 8 amide bonds. The minimum absolute atomic E-state index is 0.0436. The molecule has 22 heteroatoms. The minimum atomic E-state index is -1.23. The number of rotatable bonds is 21. The second-order valence-electron chi connectivity index (χ2n) is 22.8. The third-order valence-corrected chi connectivity index (χ3v) is 15.2. The highest BCUT2D eigenvalue weighted by Crippen LogP contribution is 2.32. The van der Waals surface area contributed by atoms with Gasteiger partial charge in [-0.1, -0.05) is 69.7 Å². The number of hydrogen-bond donors (Lipinski definition) is 6. The third kappa shape index (κ3) is 16.8. The number of aliphatic hydroxyl groups is 1. The highest BCUT2D eigenvalue weighted by atomic mass is 32.1. The second kappa shape index (κ2) is 26.8. The first-order chi connectivity index (χ1) is 37.2. The molecule has 3 aliphatic rings. The number of aromatic nitrogens is 1. The third-order valence-electron chi connectivity index (χ3n) is 14.2. The van der Waals surface area contributed by atoms with Gasteiger partial charge in [-0.05, 0) is 94.9 Å². The maximum Gasteiger partial charge on any atom is 0.408 e. The Bertz CT molecular complexity index is 2740. The van der Waals surface area contributed by atoms with Crippen LogP contribution in [-0.2, 0) is 44.7 Å². The van der Waals surface area contributed by atoms with Crippen LogP contribution in [0.1, 0.15) is 136 Å². The smallest absolute Gasteiger partial charge is 0.408 e. The van der Waals surface area contributed by atoms with Crippen LogP contribution in [0.15, 0.2) is 59.7 Å². The summed E-state index contributed by atoms with van der Waals surface area (Å²) in [5, 5.41) is 22.1. The number of β-amino-alcohol motifs (C(OH)–C–C–N with tert-alkyl or cyclic N) is 1. The van der Waals surface area contributed by atoms with Gasteiger partial charge < -0.3 is 56.3 Å². The van der Waals surface area contributed by atoms with E-state index in [9.17, 15) is 43.5 Å². The van der Waals surface area contributed by atoms with E-state index in [4.69, 9.17) is 15.2 Å². The molecule has 2 saturated heterocycles. The van der Waals surface area contributed by atoms with E-state index in [0.717, 1.165) is 21.7 Å². The van der Waals surface area contributed by atoms with Crippen molar-refractivity contribution >= 4 is 58.8 Å². The topological polar surface area (TPSA) is 272 Å². The summed E-state index contributed by atoms with van der Waals surface area (Å²) >= 11 is 1.55. The number of amides is 8. The van der Waals surface area contributed by atoms with E-state index in [-0.39, 0.29) is 88.4 Å². The number of primary amides is 1. The van der Waals surface area contributed by atoms with E-state index in [1.807, 2.05) is 58.9 Å². The Morgan fingerprint density at radius 2 is 1.63 bits per heavy atom. The maximum absolute atomic E-state index is 16.0. The number of carbonyl (C=O) groups excluding carboxylic acids is 8. The summed E-state index contributed by atoms with van der Waals surface area (Å²) in [4.78, 5) is 116. The molecule has 6 rings (SSSR count). The molecule has 0 saturated carbocycles. The fourth-order valence-corrected chi connectivity index (χ4v) is 10.7. The van der Waals surface area contributed by atoms with Crippen molar-refractivity contribution in [1.29, 1.82) is 0 Å². The molecule has 20 nitrogen and oxygen atoms in total. The average Bonchev–Trinajstić information content (AvgIpc) is 4.26. The Kier molecular flexibility index (Phi) is 20.8. The molecule has 7 N–H and O–H groups in total. The number of fused-ring (bicyclic) bond motifs is 1. The number of aryl methyl sites for hydroxylation is 2. The second-order valence-corrected chi connectivity index (χ2v) is 23.6. The molecule has 79 heavy (non-hydrogen) atoms. The number of unbranched alkanes of at least 4 members (excludes halogenated alkanes) is 2. The number of halogens is 1. The van der Waals surface area contributed by atoms with Crippen LogP contribution < -0.4 is 31.7 Å². The summed E-state index contributed by atoms with van der Waals surface area (Å²) in [7, 11) is 0. The highest BCUT2D eigenvalue weighted by Gasteiger charge is 2.46. The van der Waals surface area contributed by atoms with Gasteiger partial charge in [-0.25, -0.2) is 14.2 Å². The Hall–Kier alpha value is -6.94. The van der Waals surface area contributed by atoms with Crippen molar-refractivity contribution in [3.63, 3.8) is 0 Å². The van der Waals surface area contributed by atoms with E-state index in [1.54, 1.807) is 55.8 Å². The molecule has 2 fully saturated rings. The normalized spacial score (nSPS) is 19.7. The summed E-state index contributed by atoms with van der Waals surface area (Å²) in [6, 6.07) is 7.10. The molecule has 0 spiro atoms. The SMILES string of the molecule is CC(=O)N1CCC2=CC[C@@H](C(=O)N[C@@H](CCC(N)=O)COc3cccc(CCCCCC(=O)N[C@H](C(=O)N4C[C@H](O)C[C@H]4C(=O)N[C@@H](C)c4ccc(-c5scnc5C)cc4)C(C)(C)C)c3F)N2C(=O)[C@@H](NC(=O)OC(C)(C)C)C1. The van der Waals surface area contributed by atoms with Crippen molar-refractivity contribution in [2.24, 2.45) is 11.1 Å². The van der Waals surface area contributed by atoms with Gasteiger partial charge in [0, 0.05) is 51.4 Å². The number of benzene rings is 2. The van der Waals surface area contributed by atoms with Gasteiger partial charge in [0.2, 0.25) is 35.4 Å². The van der Waals surface area contributed by atoms with Crippen LogP contribution in [0.3, 0.4) is 0 Å².